The first-order valence-electron chi connectivity index (χ1n) is 7.90. The molecular formula is C17H19N5O. The zero-order valence-electron chi connectivity index (χ0n) is 12.9. The van der Waals surface area contributed by atoms with Crippen molar-refractivity contribution in [3.05, 3.63) is 36.2 Å². The highest BCUT2D eigenvalue weighted by Gasteiger charge is 2.41. The van der Waals surface area contributed by atoms with E-state index in [1.54, 1.807) is 0 Å². The fourth-order valence-electron chi connectivity index (χ4n) is 2.96. The summed E-state index contributed by atoms with van der Waals surface area (Å²) in [5, 5.41) is 19.2. The lowest BCUT2D eigenvalue weighted by molar-refractivity contribution is -0.127. The Balaban J connectivity index is 1.55. The molecule has 23 heavy (non-hydrogen) atoms. The number of nitriles is 1. The molecule has 0 saturated heterocycles. The molecule has 1 heterocycles. The summed E-state index contributed by atoms with van der Waals surface area (Å²) < 4.78 is 0. The van der Waals surface area contributed by atoms with Crippen molar-refractivity contribution in [2.75, 3.05) is 6.54 Å². The van der Waals surface area contributed by atoms with Crippen molar-refractivity contribution in [3.8, 4) is 17.5 Å². The first-order valence-corrected chi connectivity index (χ1v) is 7.90. The van der Waals surface area contributed by atoms with E-state index >= 15 is 0 Å². The number of carbonyl (C=O) groups excluding carboxylic acids is 1. The summed E-state index contributed by atoms with van der Waals surface area (Å²) in [6, 6.07) is 11.9. The van der Waals surface area contributed by atoms with Gasteiger partial charge in [-0.05, 0) is 12.8 Å². The standard InChI is InChI=1S/C17H19N5O/c18-12-17(9-4-5-10-17)16(23)19-11-8-14-20-15(22-21-14)13-6-2-1-3-7-13/h1-3,6-7H,4-5,8-11H2,(H,19,23)(H,20,21,22). The van der Waals surface area contributed by atoms with Crippen LogP contribution in [0.1, 0.15) is 31.5 Å². The Morgan fingerprint density at radius 2 is 2.04 bits per heavy atom. The fourth-order valence-corrected chi connectivity index (χ4v) is 2.96. The number of rotatable bonds is 5. The monoisotopic (exact) mass is 309 g/mol. The van der Waals surface area contributed by atoms with Crippen LogP contribution in [0, 0.1) is 16.7 Å². The van der Waals surface area contributed by atoms with Crippen LogP contribution < -0.4 is 5.32 Å². The second kappa shape index (κ2) is 6.61. The van der Waals surface area contributed by atoms with Gasteiger partial charge in [0.15, 0.2) is 5.82 Å². The molecule has 0 spiro atoms. The summed E-state index contributed by atoms with van der Waals surface area (Å²) in [5.74, 6) is 1.22. The van der Waals surface area contributed by atoms with E-state index in [1.165, 1.54) is 0 Å². The molecule has 0 bridgehead atoms. The number of hydrogen-bond acceptors (Lipinski definition) is 4. The average molecular weight is 309 g/mol. The van der Waals surface area contributed by atoms with Gasteiger partial charge in [-0.1, -0.05) is 43.2 Å². The minimum absolute atomic E-state index is 0.153. The van der Waals surface area contributed by atoms with Crippen molar-refractivity contribution >= 4 is 5.91 Å². The van der Waals surface area contributed by atoms with Gasteiger partial charge < -0.3 is 5.32 Å². The number of aromatic nitrogens is 3. The molecular weight excluding hydrogens is 290 g/mol. The highest BCUT2D eigenvalue weighted by Crippen LogP contribution is 2.37. The molecule has 2 N–H and O–H groups in total. The summed E-state index contributed by atoms with van der Waals surface area (Å²) in [5.41, 5.74) is 0.129. The van der Waals surface area contributed by atoms with Gasteiger partial charge in [-0.15, -0.1) is 0 Å². The van der Waals surface area contributed by atoms with Crippen LogP contribution in [0.4, 0.5) is 0 Å². The largest absolute Gasteiger partial charge is 0.354 e. The summed E-state index contributed by atoms with van der Waals surface area (Å²) >= 11 is 0. The predicted molar refractivity (Wildman–Crippen MR) is 85.0 cm³/mol. The lowest BCUT2D eigenvalue weighted by Gasteiger charge is -2.18. The fraction of sp³-hybridized carbons (Fsp3) is 0.412. The van der Waals surface area contributed by atoms with Crippen molar-refractivity contribution in [2.24, 2.45) is 5.41 Å². The van der Waals surface area contributed by atoms with E-state index in [9.17, 15) is 10.1 Å². The van der Waals surface area contributed by atoms with E-state index in [0.29, 0.717) is 31.6 Å². The molecule has 6 heteroatoms. The Morgan fingerprint density at radius 3 is 2.74 bits per heavy atom. The van der Waals surface area contributed by atoms with Gasteiger partial charge in [0.1, 0.15) is 11.2 Å². The maximum atomic E-state index is 12.2. The van der Waals surface area contributed by atoms with Crippen molar-refractivity contribution in [3.63, 3.8) is 0 Å². The molecule has 2 aromatic rings. The van der Waals surface area contributed by atoms with Gasteiger partial charge in [-0.25, -0.2) is 4.98 Å². The molecule has 0 radical (unpaired) electrons. The van der Waals surface area contributed by atoms with E-state index in [1.807, 2.05) is 30.3 Å². The Labute approximate surface area is 134 Å². The van der Waals surface area contributed by atoms with Crippen molar-refractivity contribution in [1.82, 2.24) is 20.5 Å². The number of carbonyl (C=O) groups is 1. The van der Waals surface area contributed by atoms with Crippen LogP contribution in [-0.4, -0.2) is 27.6 Å². The molecule has 3 rings (SSSR count). The third kappa shape index (κ3) is 3.24. The quantitative estimate of drug-likeness (QED) is 0.885. The summed E-state index contributed by atoms with van der Waals surface area (Å²) in [6.07, 6.45) is 3.78. The Hall–Kier alpha value is -2.68. The first-order chi connectivity index (χ1) is 11.2. The smallest absolute Gasteiger partial charge is 0.240 e. The second-order valence-electron chi connectivity index (χ2n) is 5.88. The minimum atomic E-state index is -0.823. The minimum Gasteiger partial charge on any atom is -0.354 e. The molecule has 1 amide bonds. The second-order valence-corrected chi connectivity index (χ2v) is 5.88. The van der Waals surface area contributed by atoms with E-state index < -0.39 is 5.41 Å². The van der Waals surface area contributed by atoms with Gasteiger partial charge in [-0.3, -0.25) is 9.89 Å². The van der Waals surface area contributed by atoms with Gasteiger partial charge in [0.2, 0.25) is 5.91 Å². The van der Waals surface area contributed by atoms with Gasteiger partial charge in [0, 0.05) is 18.5 Å². The molecule has 1 fully saturated rings. The molecule has 0 unspecified atom stereocenters. The van der Waals surface area contributed by atoms with Crippen LogP contribution in [0.3, 0.4) is 0 Å². The van der Waals surface area contributed by atoms with E-state index in [4.69, 9.17) is 0 Å². The molecule has 1 aliphatic rings. The number of benzene rings is 1. The Kier molecular flexibility index (Phi) is 4.38. The van der Waals surface area contributed by atoms with Crippen molar-refractivity contribution < 1.29 is 4.79 Å². The number of amides is 1. The van der Waals surface area contributed by atoms with Crippen LogP contribution in [0.15, 0.2) is 30.3 Å². The van der Waals surface area contributed by atoms with Crippen LogP contribution in [-0.2, 0) is 11.2 Å². The molecule has 1 aliphatic carbocycles. The average Bonchev–Trinajstić information content (AvgIpc) is 3.26. The lowest BCUT2D eigenvalue weighted by Crippen LogP contribution is -2.39. The third-order valence-corrected chi connectivity index (χ3v) is 4.32. The van der Waals surface area contributed by atoms with E-state index in [-0.39, 0.29) is 5.91 Å². The summed E-state index contributed by atoms with van der Waals surface area (Å²) in [7, 11) is 0. The highest BCUT2D eigenvalue weighted by atomic mass is 16.2. The molecule has 118 valence electrons. The van der Waals surface area contributed by atoms with Crippen LogP contribution in [0.5, 0.6) is 0 Å². The molecule has 1 saturated carbocycles. The predicted octanol–water partition coefficient (Wildman–Crippen LogP) is 2.21. The highest BCUT2D eigenvalue weighted by molar-refractivity contribution is 5.85. The number of H-pyrrole nitrogens is 1. The van der Waals surface area contributed by atoms with E-state index in [0.717, 1.165) is 24.2 Å². The Bertz CT molecular complexity index is 710. The maximum Gasteiger partial charge on any atom is 0.240 e. The van der Waals surface area contributed by atoms with Gasteiger partial charge in [0.05, 0.1) is 6.07 Å². The first kappa shape index (κ1) is 15.2. The molecule has 1 aromatic carbocycles. The van der Waals surface area contributed by atoms with Crippen molar-refractivity contribution in [2.45, 2.75) is 32.1 Å². The van der Waals surface area contributed by atoms with Gasteiger partial charge >= 0.3 is 0 Å². The number of nitrogens with one attached hydrogen (secondary N) is 2. The SMILES string of the molecule is N#CC1(C(=O)NCCc2nc(-c3ccccc3)n[nH]2)CCCC1. The normalized spacial score (nSPS) is 16.0. The zero-order valence-corrected chi connectivity index (χ0v) is 12.9. The molecule has 0 aliphatic heterocycles. The summed E-state index contributed by atoms with van der Waals surface area (Å²) in [4.78, 5) is 16.7. The maximum absolute atomic E-state index is 12.2. The molecule has 6 nitrogen and oxygen atoms in total. The molecule has 1 aromatic heterocycles. The lowest BCUT2D eigenvalue weighted by atomic mass is 9.87. The van der Waals surface area contributed by atoms with Crippen LogP contribution in [0.25, 0.3) is 11.4 Å². The topological polar surface area (TPSA) is 94.5 Å². The number of hydrogen-bond donors (Lipinski definition) is 2. The van der Waals surface area contributed by atoms with Crippen LogP contribution in [0.2, 0.25) is 0 Å². The van der Waals surface area contributed by atoms with Crippen LogP contribution >= 0.6 is 0 Å². The summed E-state index contributed by atoms with van der Waals surface area (Å²) in [6.45, 7) is 0.450. The third-order valence-electron chi connectivity index (χ3n) is 4.32. The number of aromatic amines is 1. The van der Waals surface area contributed by atoms with Crippen molar-refractivity contribution in [1.29, 1.82) is 5.26 Å². The Morgan fingerprint density at radius 1 is 1.30 bits per heavy atom. The zero-order chi connectivity index (χ0) is 16.1. The van der Waals surface area contributed by atoms with E-state index in [2.05, 4.69) is 26.6 Å². The van der Waals surface area contributed by atoms with Gasteiger partial charge in [-0.2, -0.15) is 10.4 Å². The van der Waals surface area contributed by atoms with Gasteiger partial charge in [0.25, 0.3) is 0 Å². The number of nitrogens with zero attached hydrogens (tertiary/aromatic N) is 3. The molecule has 0 atom stereocenters.